The number of carbonyl (C=O) groups excluding carboxylic acids is 1. The van der Waals surface area contributed by atoms with Gasteiger partial charge >= 0.3 is 6.09 Å². The number of carbonyl (C=O) groups is 1. The normalized spacial score (nSPS) is 16.5. The molecule has 0 saturated carbocycles. The predicted molar refractivity (Wildman–Crippen MR) is 81.2 cm³/mol. The van der Waals surface area contributed by atoms with Crippen molar-refractivity contribution in [2.45, 2.75) is 30.7 Å². The van der Waals surface area contributed by atoms with E-state index in [4.69, 9.17) is 16.3 Å². The highest BCUT2D eigenvalue weighted by molar-refractivity contribution is 7.89. The highest BCUT2D eigenvalue weighted by Crippen LogP contribution is 2.16. The third-order valence-corrected chi connectivity index (χ3v) is 5.08. The molecule has 1 saturated heterocycles. The Morgan fingerprint density at radius 3 is 2.68 bits per heavy atom. The van der Waals surface area contributed by atoms with E-state index in [9.17, 15) is 13.2 Å². The number of amides is 1. The van der Waals surface area contributed by atoms with Gasteiger partial charge in [0.15, 0.2) is 0 Å². The third kappa shape index (κ3) is 4.31. The highest BCUT2D eigenvalue weighted by atomic mass is 35.5. The number of pyridine rings is 1. The first-order chi connectivity index (χ1) is 10.4. The molecule has 2 rings (SSSR count). The van der Waals surface area contributed by atoms with Crippen molar-refractivity contribution in [3.8, 4) is 0 Å². The first kappa shape index (κ1) is 17.0. The fourth-order valence-electron chi connectivity index (χ4n) is 2.20. The molecular formula is C13H18ClN3O4S. The maximum absolute atomic E-state index is 12.2. The molecule has 9 heteroatoms. The van der Waals surface area contributed by atoms with E-state index < -0.39 is 10.0 Å². The number of rotatable bonds is 4. The lowest BCUT2D eigenvalue weighted by Crippen LogP contribution is -2.46. The second-order valence-corrected chi connectivity index (χ2v) is 7.00. The zero-order valence-corrected chi connectivity index (χ0v) is 13.7. The van der Waals surface area contributed by atoms with Crippen LogP contribution in [0, 0.1) is 0 Å². The van der Waals surface area contributed by atoms with Gasteiger partial charge in [-0.3, -0.25) is 0 Å². The Hall–Kier alpha value is -1.38. The minimum Gasteiger partial charge on any atom is -0.450 e. The molecule has 1 fully saturated rings. The van der Waals surface area contributed by atoms with Crippen LogP contribution in [-0.2, 0) is 14.8 Å². The average molecular weight is 348 g/mol. The van der Waals surface area contributed by atoms with Crippen LogP contribution in [0.15, 0.2) is 23.2 Å². The summed E-state index contributed by atoms with van der Waals surface area (Å²) in [6.45, 7) is 3.00. The fourth-order valence-corrected chi connectivity index (χ4v) is 3.56. The number of ether oxygens (including phenoxy) is 1. The summed E-state index contributed by atoms with van der Waals surface area (Å²) in [4.78, 5) is 17.0. The first-order valence-corrected chi connectivity index (χ1v) is 8.84. The standard InChI is InChI=1S/C13H18ClN3O4S/c1-2-21-13(18)17-7-5-10(6-8-17)16-22(19,20)11-3-4-12(14)15-9-11/h3-4,9-10,16H,2,5-8H2,1H3. The Morgan fingerprint density at radius 2 is 2.14 bits per heavy atom. The third-order valence-electron chi connectivity index (χ3n) is 3.35. The molecule has 0 atom stereocenters. The molecule has 2 heterocycles. The highest BCUT2D eigenvalue weighted by Gasteiger charge is 2.27. The van der Waals surface area contributed by atoms with Gasteiger partial charge in [0.05, 0.1) is 6.61 Å². The Labute approximate surface area is 134 Å². The van der Waals surface area contributed by atoms with Gasteiger partial charge in [-0.05, 0) is 31.9 Å². The van der Waals surface area contributed by atoms with Crippen LogP contribution in [0.3, 0.4) is 0 Å². The van der Waals surface area contributed by atoms with Crippen molar-refractivity contribution >= 4 is 27.7 Å². The zero-order valence-electron chi connectivity index (χ0n) is 12.2. The number of sulfonamides is 1. The van der Waals surface area contributed by atoms with Crippen LogP contribution in [0.25, 0.3) is 0 Å². The molecular weight excluding hydrogens is 330 g/mol. The molecule has 1 amide bonds. The largest absolute Gasteiger partial charge is 0.450 e. The Bertz CT molecular complexity index is 613. The van der Waals surface area contributed by atoms with Gasteiger partial charge in [-0.1, -0.05) is 11.6 Å². The second kappa shape index (κ2) is 7.26. The van der Waals surface area contributed by atoms with Gasteiger partial charge in [0.2, 0.25) is 10.0 Å². The Morgan fingerprint density at radius 1 is 1.45 bits per heavy atom. The van der Waals surface area contributed by atoms with Crippen molar-refractivity contribution in [3.63, 3.8) is 0 Å². The van der Waals surface area contributed by atoms with Gasteiger partial charge in [0.1, 0.15) is 10.0 Å². The predicted octanol–water partition coefficient (Wildman–Crippen LogP) is 1.63. The molecule has 0 aromatic carbocycles. The van der Waals surface area contributed by atoms with Crippen molar-refractivity contribution in [3.05, 3.63) is 23.5 Å². The molecule has 22 heavy (non-hydrogen) atoms. The second-order valence-electron chi connectivity index (χ2n) is 4.90. The lowest BCUT2D eigenvalue weighted by Gasteiger charge is -2.31. The number of halogens is 1. The maximum atomic E-state index is 12.2. The molecule has 0 bridgehead atoms. The van der Waals surface area contributed by atoms with E-state index >= 15 is 0 Å². The summed E-state index contributed by atoms with van der Waals surface area (Å²) in [7, 11) is -3.63. The SMILES string of the molecule is CCOC(=O)N1CCC(NS(=O)(=O)c2ccc(Cl)nc2)CC1. The average Bonchev–Trinajstić information content (AvgIpc) is 2.48. The van der Waals surface area contributed by atoms with Crippen molar-refractivity contribution in [2.24, 2.45) is 0 Å². The number of nitrogens with one attached hydrogen (secondary N) is 1. The summed E-state index contributed by atoms with van der Waals surface area (Å²) in [5.41, 5.74) is 0. The number of piperidine rings is 1. The molecule has 1 N–H and O–H groups in total. The molecule has 1 aromatic rings. The quantitative estimate of drug-likeness (QED) is 0.836. The molecule has 1 aliphatic rings. The van der Waals surface area contributed by atoms with E-state index in [1.165, 1.54) is 18.3 Å². The maximum Gasteiger partial charge on any atom is 0.409 e. The van der Waals surface area contributed by atoms with Crippen LogP contribution in [0.4, 0.5) is 4.79 Å². The van der Waals surface area contributed by atoms with Crippen LogP contribution in [0.2, 0.25) is 5.15 Å². The molecule has 0 radical (unpaired) electrons. The Balaban J connectivity index is 1.92. The summed E-state index contributed by atoms with van der Waals surface area (Å²) in [6.07, 6.45) is 1.95. The Kier molecular flexibility index (Phi) is 5.60. The van der Waals surface area contributed by atoms with Crippen LogP contribution < -0.4 is 4.72 Å². The van der Waals surface area contributed by atoms with E-state index in [0.717, 1.165) is 0 Å². The molecule has 122 valence electrons. The summed E-state index contributed by atoms with van der Waals surface area (Å²) in [5, 5.41) is 0.238. The lowest BCUT2D eigenvalue weighted by atomic mass is 10.1. The van der Waals surface area contributed by atoms with Gasteiger partial charge in [-0.15, -0.1) is 0 Å². The molecule has 1 aliphatic heterocycles. The number of likely N-dealkylation sites (tertiary alicyclic amines) is 1. The smallest absolute Gasteiger partial charge is 0.409 e. The monoisotopic (exact) mass is 347 g/mol. The minimum atomic E-state index is -3.63. The number of hydrogen-bond donors (Lipinski definition) is 1. The van der Waals surface area contributed by atoms with E-state index in [1.54, 1.807) is 11.8 Å². The van der Waals surface area contributed by atoms with Crippen LogP contribution >= 0.6 is 11.6 Å². The molecule has 7 nitrogen and oxygen atoms in total. The van der Waals surface area contributed by atoms with E-state index in [1.807, 2.05) is 0 Å². The number of hydrogen-bond acceptors (Lipinski definition) is 5. The molecule has 1 aromatic heterocycles. The molecule has 0 unspecified atom stereocenters. The first-order valence-electron chi connectivity index (χ1n) is 6.98. The van der Waals surface area contributed by atoms with Crippen molar-refractivity contribution in [2.75, 3.05) is 19.7 Å². The molecule has 0 spiro atoms. The number of aromatic nitrogens is 1. The van der Waals surface area contributed by atoms with Crippen LogP contribution in [0.5, 0.6) is 0 Å². The van der Waals surface area contributed by atoms with Gasteiger partial charge in [0.25, 0.3) is 0 Å². The summed E-state index contributed by atoms with van der Waals surface area (Å²) in [6, 6.07) is 2.62. The number of nitrogens with zero attached hydrogens (tertiary/aromatic N) is 2. The van der Waals surface area contributed by atoms with Gasteiger partial charge in [0, 0.05) is 25.3 Å². The van der Waals surface area contributed by atoms with Crippen LogP contribution in [-0.4, -0.2) is 50.1 Å². The van der Waals surface area contributed by atoms with Crippen molar-refractivity contribution < 1.29 is 17.9 Å². The van der Waals surface area contributed by atoms with Gasteiger partial charge < -0.3 is 9.64 Å². The minimum absolute atomic E-state index is 0.0738. The summed E-state index contributed by atoms with van der Waals surface area (Å²) < 4.78 is 32.0. The fraction of sp³-hybridized carbons (Fsp3) is 0.538. The van der Waals surface area contributed by atoms with E-state index in [2.05, 4.69) is 9.71 Å². The van der Waals surface area contributed by atoms with E-state index in [-0.39, 0.29) is 22.2 Å². The van der Waals surface area contributed by atoms with Crippen LogP contribution in [0.1, 0.15) is 19.8 Å². The lowest BCUT2D eigenvalue weighted by molar-refractivity contribution is 0.0966. The van der Waals surface area contributed by atoms with E-state index in [0.29, 0.717) is 32.5 Å². The van der Waals surface area contributed by atoms with Crippen molar-refractivity contribution in [1.29, 1.82) is 0 Å². The topological polar surface area (TPSA) is 88.6 Å². The zero-order chi connectivity index (χ0) is 16.2. The van der Waals surface area contributed by atoms with Gasteiger partial charge in [-0.2, -0.15) is 0 Å². The summed E-state index contributed by atoms with van der Waals surface area (Å²) >= 11 is 5.65. The van der Waals surface area contributed by atoms with Crippen molar-refractivity contribution in [1.82, 2.24) is 14.6 Å². The summed E-state index contributed by atoms with van der Waals surface area (Å²) in [5.74, 6) is 0. The van der Waals surface area contributed by atoms with Gasteiger partial charge in [-0.25, -0.2) is 22.9 Å². The molecule has 0 aliphatic carbocycles.